The minimum atomic E-state index is -2.40. The molecule has 0 unspecified atom stereocenters. The number of carbonyl (C=O) groups excluding carboxylic acids is 3. The first-order valence-corrected chi connectivity index (χ1v) is 6.13. The minimum absolute atomic E-state index is 0.474. The maximum absolute atomic E-state index is 13.8. The Bertz CT molecular complexity index is 414. The van der Waals surface area contributed by atoms with Crippen LogP contribution in [0, 0.1) is 0 Å². The van der Waals surface area contributed by atoms with Crippen LogP contribution in [-0.4, -0.2) is 55.4 Å². The first-order valence-electron chi connectivity index (χ1n) is 6.13. The van der Waals surface area contributed by atoms with E-state index < -0.39 is 55.4 Å². The van der Waals surface area contributed by atoms with Crippen LogP contribution in [0.2, 0.25) is 0 Å². The molecule has 1 heterocycles. The molecule has 0 saturated carbocycles. The van der Waals surface area contributed by atoms with Crippen molar-refractivity contribution in [2.45, 2.75) is 51.6 Å². The lowest BCUT2D eigenvalue weighted by molar-refractivity contribution is -0.259. The van der Waals surface area contributed by atoms with Gasteiger partial charge in [-0.1, -0.05) is 0 Å². The second-order valence-corrected chi connectivity index (χ2v) is 4.42. The van der Waals surface area contributed by atoms with Crippen molar-refractivity contribution in [1.29, 1.82) is 0 Å². The van der Waals surface area contributed by atoms with Gasteiger partial charge in [0.25, 0.3) is 0 Å². The van der Waals surface area contributed by atoms with E-state index in [1.165, 1.54) is 0 Å². The first-order chi connectivity index (χ1) is 9.72. The van der Waals surface area contributed by atoms with Crippen LogP contribution in [0.1, 0.15) is 20.8 Å². The van der Waals surface area contributed by atoms with Gasteiger partial charge in [0.05, 0.1) is 0 Å². The number of esters is 3. The Hall–Kier alpha value is -1.77. The molecule has 1 fully saturated rings. The monoisotopic (exact) mass is 310 g/mol. The van der Waals surface area contributed by atoms with Crippen LogP contribution in [0.5, 0.6) is 0 Å². The molecule has 5 atom stereocenters. The molecule has 0 spiro atoms. The van der Waals surface area contributed by atoms with Crippen LogP contribution < -0.4 is 0 Å². The normalized spacial score (nSPS) is 32.1. The molecule has 0 N–H and O–H groups in total. The van der Waals surface area contributed by atoms with E-state index in [0.29, 0.717) is 0 Å². The molecule has 7 nitrogen and oxygen atoms in total. The third-order valence-electron chi connectivity index (χ3n) is 2.61. The summed E-state index contributed by atoms with van der Waals surface area (Å²) in [4.78, 5) is 32.8. The van der Waals surface area contributed by atoms with Gasteiger partial charge in [-0.2, -0.15) is 0 Å². The highest BCUT2D eigenvalue weighted by atomic mass is 19.2. The second kappa shape index (κ2) is 7.30. The lowest BCUT2D eigenvalue weighted by Gasteiger charge is -2.39. The van der Waals surface area contributed by atoms with Gasteiger partial charge in [0, 0.05) is 20.8 Å². The fourth-order valence-electron chi connectivity index (χ4n) is 1.85. The summed E-state index contributed by atoms with van der Waals surface area (Å²) in [6.07, 6.45) is -9.12. The van der Waals surface area contributed by atoms with Gasteiger partial charge in [0.2, 0.25) is 6.36 Å². The van der Waals surface area contributed by atoms with E-state index in [0.717, 1.165) is 20.8 Å². The number of alkyl halides is 2. The highest BCUT2D eigenvalue weighted by Crippen LogP contribution is 2.29. The molecule has 0 radical (unpaired) electrons. The summed E-state index contributed by atoms with van der Waals surface area (Å²) in [6, 6.07) is 0. The maximum Gasteiger partial charge on any atom is 0.303 e. The van der Waals surface area contributed by atoms with Crippen LogP contribution in [0.25, 0.3) is 0 Å². The van der Waals surface area contributed by atoms with Crippen molar-refractivity contribution in [3.63, 3.8) is 0 Å². The highest BCUT2D eigenvalue weighted by Gasteiger charge is 2.51. The fraction of sp³-hybridized carbons (Fsp3) is 0.750. The van der Waals surface area contributed by atoms with Crippen molar-refractivity contribution in [2.75, 3.05) is 6.61 Å². The summed E-state index contributed by atoms with van der Waals surface area (Å²) >= 11 is 0. The zero-order valence-electron chi connectivity index (χ0n) is 11.7. The van der Waals surface area contributed by atoms with Crippen molar-refractivity contribution in [3.05, 3.63) is 0 Å². The number of hydrogen-bond acceptors (Lipinski definition) is 7. The number of ether oxygens (including phenoxy) is 4. The summed E-state index contributed by atoms with van der Waals surface area (Å²) in [5.74, 6) is -2.36. The summed E-state index contributed by atoms with van der Waals surface area (Å²) in [7, 11) is 0. The van der Waals surface area contributed by atoms with Gasteiger partial charge in [0.1, 0.15) is 12.7 Å². The summed E-state index contributed by atoms with van der Waals surface area (Å²) in [5.41, 5.74) is 0. The average Bonchev–Trinajstić information content (AvgIpc) is 2.35. The van der Waals surface area contributed by atoms with E-state index in [1.54, 1.807) is 0 Å². The molecule has 0 aromatic carbocycles. The number of hydrogen-bond donors (Lipinski definition) is 0. The molecule has 21 heavy (non-hydrogen) atoms. The third kappa shape index (κ3) is 4.92. The fourth-order valence-corrected chi connectivity index (χ4v) is 1.85. The largest absolute Gasteiger partial charge is 0.463 e. The molecule has 0 aromatic rings. The van der Waals surface area contributed by atoms with E-state index in [-0.39, 0.29) is 0 Å². The van der Waals surface area contributed by atoms with Gasteiger partial charge in [-0.3, -0.25) is 14.4 Å². The minimum Gasteiger partial charge on any atom is -0.463 e. The van der Waals surface area contributed by atoms with Gasteiger partial charge >= 0.3 is 17.9 Å². The Labute approximate surface area is 119 Å². The quantitative estimate of drug-likeness (QED) is 0.550. The van der Waals surface area contributed by atoms with E-state index in [2.05, 4.69) is 14.2 Å². The number of carbonyl (C=O) groups is 3. The van der Waals surface area contributed by atoms with E-state index in [9.17, 15) is 23.2 Å². The van der Waals surface area contributed by atoms with Crippen molar-refractivity contribution in [1.82, 2.24) is 0 Å². The van der Waals surface area contributed by atoms with Crippen molar-refractivity contribution < 1.29 is 42.1 Å². The number of rotatable bonds is 4. The molecule has 0 bridgehead atoms. The Balaban J connectivity index is 2.94. The zero-order chi connectivity index (χ0) is 16.2. The lowest BCUT2D eigenvalue weighted by atomic mass is 10.00. The summed E-state index contributed by atoms with van der Waals surface area (Å²) in [5, 5.41) is 0. The molecular weight excluding hydrogens is 294 g/mol. The van der Waals surface area contributed by atoms with Crippen molar-refractivity contribution >= 4 is 17.9 Å². The first kappa shape index (κ1) is 17.3. The van der Waals surface area contributed by atoms with Crippen LogP contribution in [-0.2, 0) is 33.3 Å². The van der Waals surface area contributed by atoms with Gasteiger partial charge < -0.3 is 18.9 Å². The predicted molar refractivity (Wildman–Crippen MR) is 62.4 cm³/mol. The zero-order valence-corrected chi connectivity index (χ0v) is 11.7. The van der Waals surface area contributed by atoms with Crippen LogP contribution in [0.15, 0.2) is 0 Å². The smallest absolute Gasteiger partial charge is 0.303 e. The maximum atomic E-state index is 13.8. The van der Waals surface area contributed by atoms with E-state index in [1.807, 2.05) is 0 Å². The molecule has 120 valence electrons. The van der Waals surface area contributed by atoms with Gasteiger partial charge in [0.15, 0.2) is 18.4 Å². The second-order valence-electron chi connectivity index (χ2n) is 4.42. The standard InChI is InChI=1S/C12H16F2O7/c1-5(15)18-4-8-10(19-6(2)16)11(20-7(3)17)9(13)12(14)21-8/h8-12H,4H2,1-3H3/t8-,9-,10+,11-,12+/m1/s1. The Morgan fingerprint density at radius 3 is 1.95 bits per heavy atom. The van der Waals surface area contributed by atoms with Crippen molar-refractivity contribution in [3.8, 4) is 0 Å². The summed E-state index contributed by atoms with van der Waals surface area (Å²) in [6.45, 7) is 2.68. The Kier molecular flexibility index (Phi) is 6.01. The van der Waals surface area contributed by atoms with E-state index >= 15 is 0 Å². The van der Waals surface area contributed by atoms with Crippen LogP contribution in [0.4, 0.5) is 8.78 Å². The molecule has 9 heteroatoms. The topological polar surface area (TPSA) is 88.1 Å². The molecular formula is C12H16F2O7. The van der Waals surface area contributed by atoms with Crippen LogP contribution >= 0.6 is 0 Å². The molecule has 1 aliphatic heterocycles. The van der Waals surface area contributed by atoms with Crippen LogP contribution in [0.3, 0.4) is 0 Å². The molecule has 0 amide bonds. The van der Waals surface area contributed by atoms with Gasteiger partial charge in [-0.05, 0) is 0 Å². The third-order valence-corrected chi connectivity index (χ3v) is 2.61. The predicted octanol–water partition coefficient (Wildman–Crippen LogP) is 0.445. The van der Waals surface area contributed by atoms with Gasteiger partial charge in [-0.15, -0.1) is 0 Å². The molecule has 1 rings (SSSR count). The lowest BCUT2D eigenvalue weighted by Crippen LogP contribution is -2.58. The van der Waals surface area contributed by atoms with E-state index in [4.69, 9.17) is 4.74 Å². The highest BCUT2D eigenvalue weighted by molar-refractivity contribution is 5.67. The van der Waals surface area contributed by atoms with Gasteiger partial charge in [-0.25, -0.2) is 8.78 Å². The molecule has 0 aliphatic carbocycles. The van der Waals surface area contributed by atoms with Crippen molar-refractivity contribution in [2.24, 2.45) is 0 Å². The molecule has 0 aromatic heterocycles. The molecule has 1 saturated heterocycles. The molecule has 1 aliphatic rings. The Morgan fingerprint density at radius 2 is 1.48 bits per heavy atom. The average molecular weight is 310 g/mol. The Morgan fingerprint density at radius 1 is 0.952 bits per heavy atom. The SMILES string of the molecule is CC(=O)OC[C@H]1O[C@H](F)[C@H](F)[C@@H](OC(C)=O)[C@H]1OC(C)=O. The number of halogens is 2. The summed E-state index contributed by atoms with van der Waals surface area (Å²) < 4.78 is 46.1.